The summed E-state index contributed by atoms with van der Waals surface area (Å²) in [7, 11) is 1.33. The molecule has 0 spiro atoms. The quantitative estimate of drug-likeness (QED) is 0.860. The van der Waals surface area contributed by atoms with Crippen molar-refractivity contribution in [2.24, 2.45) is 0 Å². The Bertz CT molecular complexity index is 411. The van der Waals surface area contributed by atoms with Gasteiger partial charge >= 0.3 is 6.18 Å². The summed E-state index contributed by atoms with van der Waals surface area (Å²) < 4.78 is 36.6. The third-order valence-corrected chi connectivity index (χ3v) is 3.23. The van der Waals surface area contributed by atoms with E-state index >= 15 is 0 Å². The summed E-state index contributed by atoms with van der Waals surface area (Å²) in [5.74, 6) is -0.480. The van der Waals surface area contributed by atoms with Gasteiger partial charge in [-0.2, -0.15) is 13.2 Å². The van der Waals surface area contributed by atoms with Gasteiger partial charge < -0.3 is 10.4 Å². The number of carbonyl (C=O) groups excluding carboxylic acids is 1. The zero-order chi connectivity index (χ0) is 14.6. The maximum absolute atomic E-state index is 12.2. The molecule has 0 saturated heterocycles. The van der Waals surface area contributed by atoms with Crippen LogP contribution in [0.25, 0.3) is 0 Å². The summed E-state index contributed by atoms with van der Waals surface area (Å²) >= 11 is 1.21. The number of hydrogen-bond donors (Lipinski definition) is 2. The average Bonchev–Trinajstić information content (AvgIpc) is 2.79. The molecule has 1 heterocycles. The van der Waals surface area contributed by atoms with Gasteiger partial charge in [0, 0.05) is 18.1 Å². The van der Waals surface area contributed by atoms with Crippen LogP contribution < -0.4 is 5.32 Å². The first-order valence-corrected chi connectivity index (χ1v) is 6.25. The molecular formula is C10H14F3N3O2S. The third kappa shape index (κ3) is 4.77. The summed E-state index contributed by atoms with van der Waals surface area (Å²) in [5, 5.41) is 13.5. The van der Waals surface area contributed by atoms with Gasteiger partial charge in [0.05, 0.1) is 6.04 Å². The molecule has 108 valence electrons. The van der Waals surface area contributed by atoms with Crippen molar-refractivity contribution in [1.82, 2.24) is 9.88 Å². The minimum Gasteiger partial charge on any atom is -0.382 e. The van der Waals surface area contributed by atoms with Crippen molar-refractivity contribution >= 4 is 22.4 Å². The molecule has 0 aromatic carbocycles. The SMILES string of the molecule is CC(C(=O)Nc1nccs1)N(C)CC(O)C(F)(F)F. The molecule has 0 aliphatic rings. The molecule has 0 radical (unpaired) electrons. The number of alkyl halides is 3. The number of aliphatic hydroxyl groups is 1. The minimum atomic E-state index is -4.69. The summed E-state index contributed by atoms with van der Waals surface area (Å²) in [6, 6.07) is -0.819. The molecule has 0 bridgehead atoms. The number of hydrogen-bond acceptors (Lipinski definition) is 5. The second kappa shape index (κ2) is 6.31. The van der Waals surface area contributed by atoms with Crippen molar-refractivity contribution in [1.29, 1.82) is 0 Å². The number of amides is 1. The Kier molecular flexibility index (Phi) is 5.27. The zero-order valence-electron chi connectivity index (χ0n) is 10.3. The Morgan fingerprint density at radius 1 is 1.63 bits per heavy atom. The van der Waals surface area contributed by atoms with Gasteiger partial charge in [-0.15, -0.1) is 11.3 Å². The normalized spacial score (nSPS) is 15.3. The number of anilines is 1. The zero-order valence-corrected chi connectivity index (χ0v) is 11.1. The molecule has 9 heteroatoms. The molecule has 1 amide bonds. The predicted octanol–water partition coefficient (Wildman–Crippen LogP) is 1.33. The summed E-state index contributed by atoms with van der Waals surface area (Å²) in [5.41, 5.74) is 0. The van der Waals surface area contributed by atoms with Gasteiger partial charge in [-0.3, -0.25) is 9.69 Å². The van der Waals surface area contributed by atoms with E-state index in [0.29, 0.717) is 5.13 Å². The number of carbonyl (C=O) groups is 1. The summed E-state index contributed by atoms with van der Waals surface area (Å²) in [6.07, 6.45) is -5.67. The molecule has 2 N–H and O–H groups in total. The number of nitrogens with one attached hydrogen (secondary N) is 1. The van der Waals surface area contributed by atoms with Crippen LogP contribution in [0.15, 0.2) is 11.6 Å². The number of aromatic nitrogens is 1. The van der Waals surface area contributed by atoms with Gasteiger partial charge in [0.2, 0.25) is 5.91 Å². The Morgan fingerprint density at radius 3 is 2.74 bits per heavy atom. The Morgan fingerprint density at radius 2 is 2.26 bits per heavy atom. The highest BCUT2D eigenvalue weighted by atomic mass is 32.1. The van der Waals surface area contributed by atoms with Crippen molar-refractivity contribution in [3.8, 4) is 0 Å². The fourth-order valence-corrected chi connectivity index (χ4v) is 1.76. The van der Waals surface area contributed by atoms with E-state index in [-0.39, 0.29) is 0 Å². The van der Waals surface area contributed by atoms with Crippen molar-refractivity contribution in [3.05, 3.63) is 11.6 Å². The smallest absolute Gasteiger partial charge is 0.382 e. The molecule has 0 aliphatic heterocycles. The molecule has 0 aliphatic carbocycles. The number of nitrogens with zero attached hydrogens (tertiary/aromatic N) is 2. The standard InChI is InChI=1S/C10H14F3N3O2S/c1-6(8(18)15-9-14-3-4-19-9)16(2)5-7(17)10(11,12)13/h3-4,6-7,17H,5H2,1-2H3,(H,14,15,18). The second-order valence-electron chi connectivity index (χ2n) is 4.00. The van der Waals surface area contributed by atoms with E-state index in [4.69, 9.17) is 5.11 Å². The highest BCUT2D eigenvalue weighted by molar-refractivity contribution is 7.13. The first-order chi connectivity index (χ1) is 8.71. The van der Waals surface area contributed by atoms with Gasteiger partial charge in [0.15, 0.2) is 11.2 Å². The molecular weight excluding hydrogens is 283 g/mol. The van der Waals surface area contributed by atoms with Crippen LogP contribution in [0.5, 0.6) is 0 Å². The van der Waals surface area contributed by atoms with Crippen LogP contribution in [0.4, 0.5) is 18.3 Å². The van der Waals surface area contributed by atoms with Crippen LogP contribution in [0.1, 0.15) is 6.92 Å². The number of rotatable bonds is 5. The molecule has 2 atom stereocenters. The topological polar surface area (TPSA) is 65.5 Å². The van der Waals surface area contributed by atoms with E-state index in [2.05, 4.69) is 10.3 Å². The van der Waals surface area contributed by atoms with Crippen molar-refractivity contribution < 1.29 is 23.1 Å². The average molecular weight is 297 g/mol. The predicted molar refractivity (Wildman–Crippen MR) is 64.9 cm³/mol. The summed E-state index contributed by atoms with van der Waals surface area (Å²) in [4.78, 5) is 16.7. The van der Waals surface area contributed by atoms with E-state index in [1.54, 1.807) is 5.38 Å². The van der Waals surface area contributed by atoms with Gasteiger partial charge in [0.25, 0.3) is 0 Å². The maximum atomic E-state index is 12.2. The first kappa shape index (κ1) is 15.9. The monoisotopic (exact) mass is 297 g/mol. The van der Waals surface area contributed by atoms with Gasteiger partial charge in [-0.25, -0.2) is 4.98 Å². The number of thiazole rings is 1. The molecule has 2 unspecified atom stereocenters. The van der Waals surface area contributed by atoms with Crippen LogP contribution in [0.2, 0.25) is 0 Å². The van der Waals surface area contributed by atoms with E-state index in [9.17, 15) is 18.0 Å². The number of likely N-dealkylation sites (N-methyl/N-ethyl adjacent to an activating group) is 1. The highest BCUT2D eigenvalue weighted by Crippen LogP contribution is 2.21. The molecule has 1 aromatic rings. The largest absolute Gasteiger partial charge is 0.415 e. The molecule has 1 rings (SSSR count). The van der Waals surface area contributed by atoms with Crippen molar-refractivity contribution in [2.75, 3.05) is 18.9 Å². The minimum absolute atomic E-state index is 0.376. The molecule has 0 saturated carbocycles. The Balaban J connectivity index is 2.52. The fraction of sp³-hybridized carbons (Fsp3) is 0.600. The molecule has 5 nitrogen and oxygen atoms in total. The molecule has 0 fully saturated rings. The van der Waals surface area contributed by atoms with Gasteiger partial charge in [-0.05, 0) is 14.0 Å². The highest BCUT2D eigenvalue weighted by Gasteiger charge is 2.39. The Labute approximate surface area is 112 Å². The van der Waals surface area contributed by atoms with Gasteiger partial charge in [0.1, 0.15) is 0 Å². The lowest BCUT2D eigenvalue weighted by atomic mass is 10.2. The van der Waals surface area contributed by atoms with Gasteiger partial charge in [-0.1, -0.05) is 0 Å². The number of aliphatic hydroxyl groups excluding tert-OH is 1. The fourth-order valence-electron chi connectivity index (χ4n) is 1.23. The van der Waals surface area contributed by atoms with Crippen molar-refractivity contribution in [3.63, 3.8) is 0 Å². The van der Waals surface area contributed by atoms with Crippen LogP contribution >= 0.6 is 11.3 Å². The van der Waals surface area contributed by atoms with Crippen LogP contribution in [0.3, 0.4) is 0 Å². The Hall–Kier alpha value is -1.19. The molecule has 19 heavy (non-hydrogen) atoms. The van der Waals surface area contributed by atoms with Crippen LogP contribution in [-0.2, 0) is 4.79 Å². The van der Waals surface area contributed by atoms with Crippen LogP contribution in [-0.4, -0.2) is 52.8 Å². The van der Waals surface area contributed by atoms with E-state index in [1.807, 2.05) is 0 Å². The maximum Gasteiger partial charge on any atom is 0.415 e. The summed E-state index contributed by atoms with van der Waals surface area (Å²) in [6.45, 7) is 0.780. The van der Waals surface area contributed by atoms with E-state index in [0.717, 1.165) is 4.90 Å². The van der Waals surface area contributed by atoms with Crippen molar-refractivity contribution in [2.45, 2.75) is 25.2 Å². The van der Waals surface area contributed by atoms with E-state index < -0.39 is 30.8 Å². The van der Waals surface area contributed by atoms with E-state index in [1.165, 1.54) is 31.5 Å². The lowest BCUT2D eigenvalue weighted by Gasteiger charge is -2.26. The lowest BCUT2D eigenvalue weighted by Crippen LogP contribution is -2.46. The first-order valence-electron chi connectivity index (χ1n) is 5.37. The number of halogens is 3. The third-order valence-electron chi connectivity index (χ3n) is 2.54. The van der Waals surface area contributed by atoms with Crippen LogP contribution in [0, 0.1) is 0 Å². The lowest BCUT2D eigenvalue weighted by molar-refractivity contribution is -0.208. The second-order valence-corrected chi connectivity index (χ2v) is 4.89. The molecule has 1 aromatic heterocycles.